The molecule has 0 aliphatic heterocycles. The fourth-order valence-corrected chi connectivity index (χ4v) is 2.66. The first-order valence-electron chi connectivity index (χ1n) is 6.03. The molecule has 0 bridgehead atoms. The number of halogens is 4. The third-order valence-electron chi connectivity index (χ3n) is 2.98. The van der Waals surface area contributed by atoms with E-state index in [0.29, 0.717) is 16.3 Å². The lowest BCUT2D eigenvalue weighted by molar-refractivity contribution is 0.623. The zero-order valence-electron chi connectivity index (χ0n) is 10.9. The van der Waals surface area contributed by atoms with E-state index in [1.54, 1.807) is 13.0 Å². The highest BCUT2D eigenvalue weighted by Gasteiger charge is 2.17. The van der Waals surface area contributed by atoms with E-state index in [-0.39, 0.29) is 10.6 Å². The van der Waals surface area contributed by atoms with E-state index < -0.39 is 17.7 Å². The average molecular weight is 327 g/mol. The largest absolute Gasteiger partial charge is 0.378 e. The van der Waals surface area contributed by atoms with Crippen molar-refractivity contribution in [1.29, 1.82) is 5.26 Å². The van der Waals surface area contributed by atoms with E-state index in [2.05, 4.69) is 5.32 Å². The van der Waals surface area contributed by atoms with Gasteiger partial charge in [-0.25, -0.2) is 8.78 Å². The van der Waals surface area contributed by atoms with Crippen LogP contribution in [0.5, 0.6) is 0 Å². The summed E-state index contributed by atoms with van der Waals surface area (Å²) in [7, 11) is 0. The van der Waals surface area contributed by atoms with Crippen molar-refractivity contribution in [3.8, 4) is 6.07 Å². The maximum Gasteiger partial charge on any atom is 0.142 e. The Labute approximate surface area is 130 Å². The van der Waals surface area contributed by atoms with Gasteiger partial charge >= 0.3 is 0 Å². The highest BCUT2D eigenvalue weighted by atomic mass is 35.5. The molecule has 0 fully saturated rings. The number of hydrogen-bond acceptors (Lipinski definition) is 2. The van der Waals surface area contributed by atoms with Gasteiger partial charge in [0.15, 0.2) is 0 Å². The second-order valence-corrected chi connectivity index (χ2v) is 5.21. The van der Waals surface area contributed by atoms with Crippen LogP contribution < -0.4 is 5.32 Å². The van der Waals surface area contributed by atoms with Crippen LogP contribution in [0.15, 0.2) is 30.3 Å². The Morgan fingerprint density at radius 1 is 1.14 bits per heavy atom. The Bertz CT molecular complexity index is 726. The SMILES string of the molecule is CC(Nc1ccc(F)c(C#N)c1)c1c(Cl)ccc(F)c1Cl. The summed E-state index contributed by atoms with van der Waals surface area (Å²) in [5.41, 5.74) is 0.835. The molecule has 2 aromatic rings. The van der Waals surface area contributed by atoms with Crippen LogP contribution in [0.1, 0.15) is 24.1 Å². The van der Waals surface area contributed by atoms with E-state index >= 15 is 0 Å². The minimum Gasteiger partial charge on any atom is -0.378 e. The van der Waals surface area contributed by atoms with E-state index in [4.69, 9.17) is 28.5 Å². The van der Waals surface area contributed by atoms with Crippen molar-refractivity contribution in [2.24, 2.45) is 0 Å². The van der Waals surface area contributed by atoms with Crippen molar-refractivity contribution < 1.29 is 8.78 Å². The minimum absolute atomic E-state index is 0.0647. The van der Waals surface area contributed by atoms with Gasteiger partial charge in [-0.3, -0.25) is 0 Å². The number of nitriles is 1. The normalized spacial score (nSPS) is 11.8. The molecule has 0 aromatic heterocycles. The molecule has 2 nitrogen and oxygen atoms in total. The quantitative estimate of drug-likeness (QED) is 0.775. The van der Waals surface area contributed by atoms with E-state index in [9.17, 15) is 8.78 Å². The van der Waals surface area contributed by atoms with Crippen LogP contribution in [-0.2, 0) is 0 Å². The van der Waals surface area contributed by atoms with E-state index in [1.165, 1.54) is 30.3 Å². The summed E-state index contributed by atoms with van der Waals surface area (Å²) in [5.74, 6) is -1.17. The number of nitrogens with one attached hydrogen (secondary N) is 1. The minimum atomic E-state index is -0.600. The van der Waals surface area contributed by atoms with E-state index in [1.807, 2.05) is 0 Å². The van der Waals surface area contributed by atoms with Gasteiger partial charge in [-0.15, -0.1) is 0 Å². The predicted octanol–water partition coefficient (Wildman–Crippen LogP) is 5.32. The summed E-state index contributed by atoms with van der Waals surface area (Å²) in [6, 6.07) is 7.97. The molecule has 0 radical (unpaired) electrons. The molecular formula is C15H10Cl2F2N2. The van der Waals surface area contributed by atoms with Crippen LogP contribution >= 0.6 is 23.2 Å². The van der Waals surface area contributed by atoms with Gasteiger partial charge in [0, 0.05) is 16.3 Å². The second kappa shape index (κ2) is 6.30. The lowest BCUT2D eigenvalue weighted by atomic mass is 10.1. The first-order valence-corrected chi connectivity index (χ1v) is 6.79. The van der Waals surface area contributed by atoms with Crippen molar-refractivity contribution in [2.45, 2.75) is 13.0 Å². The zero-order chi connectivity index (χ0) is 15.6. The Hall–Kier alpha value is -1.83. The zero-order valence-corrected chi connectivity index (χ0v) is 12.4. The van der Waals surface area contributed by atoms with Crippen molar-refractivity contribution in [1.82, 2.24) is 0 Å². The average Bonchev–Trinajstić information content (AvgIpc) is 2.45. The molecule has 1 N–H and O–H groups in total. The number of hydrogen-bond donors (Lipinski definition) is 1. The monoisotopic (exact) mass is 326 g/mol. The van der Waals surface area contributed by atoms with Crippen molar-refractivity contribution in [3.63, 3.8) is 0 Å². The lowest BCUT2D eigenvalue weighted by Gasteiger charge is -2.19. The van der Waals surface area contributed by atoms with Gasteiger partial charge in [0.25, 0.3) is 0 Å². The van der Waals surface area contributed by atoms with Gasteiger partial charge in [0.05, 0.1) is 16.6 Å². The van der Waals surface area contributed by atoms with Gasteiger partial charge < -0.3 is 5.32 Å². The maximum absolute atomic E-state index is 13.5. The van der Waals surface area contributed by atoms with Crippen LogP contribution in [0.4, 0.5) is 14.5 Å². The Balaban J connectivity index is 2.33. The molecule has 2 aromatic carbocycles. The van der Waals surface area contributed by atoms with Gasteiger partial charge in [0.1, 0.15) is 17.7 Å². The number of nitrogens with zero attached hydrogens (tertiary/aromatic N) is 1. The molecule has 0 amide bonds. The number of rotatable bonds is 3. The van der Waals surface area contributed by atoms with Crippen molar-refractivity contribution >= 4 is 28.9 Å². The summed E-state index contributed by atoms with van der Waals surface area (Å²) in [6.07, 6.45) is 0. The van der Waals surface area contributed by atoms with Crippen LogP contribution in [0.3, 0.4) is 0 Å². The summed E-state index contributed by atoms with van der Waals surface area (Å²) >= 11 is 12.0. The molecule has 1 atom stereocenters. The number of anilines is 1. The van der Waals surface area contributed by atoms with Gasteiger partial charge in [0.2, 0.25) is 0 Å². The molecule has 0 aliphatic rings. The van der Waals surface area contributed by atoms with Gasteiger partial charge in [-0.05, 0) is 37.3 Å². The molecule has 6 heteroatoms. The molecule has 0 heterocycles. The fourth-order valence-electron chi connectivity index (χ4n) is 1.96. The van der Waals surface area contributed by atoms with Crippen molar-refractivity contribution in [3.05, 3.63) is 63.1 Å². The molecule has 0 aliphatic carbocycles. The Kier molecular flexibility index (Phi) is 4.66. The molecule has 2 rings (SSSR count). The van der Waals surface area contributed by atoms with Crippen LogP contribution in [-0.4, -0.2) is 0 Å². The molecule has 1 unspecified atom stereocenters. The summed E-state index contributed by atoms with van der Waals surface area (Å²) in [6.45, 7) is 1.74. The number of benzene rings is 2. The summed E-state index contributed by atoms with van der Waals surface area (Å²) in [4.78, 5) is 0. The third-order valence-corrected chi connectivity index (χ3v) is 3.70. The second-order valence-electron chi connectivity index (χ2n) is 4.43. The summed E-state index contributed by atoms with van der Waals surface area (Å²) < 4.78 is 26.8. The van der Waals surface area contributed by atoms with Gasteiger partial charge in [-0.2, -0.15) is 5.26 Å². The smallest absolute Gasteiger partial charge is 0.142 e. The molecule has 108 valence electrons. The standard InChI is InChI=1S/C15H10Cl2F2N2/c1-8(14-11(16)3-5-13(19)15(14)17)21-10-2-4-12(18)9(6-10)7-20/h2-6,8,21H,1H3. The van der Waals surface area contributed by atoms with Crippen molar-refractivity contribution in [2.75, 3.05) is 5.32 Å². The topological polar surface area (TPSA) is 35.8 Å². The first kappa shape index (κ1) is 15.6. The van der Waals surface area contributed by atoms with Gasteiger partial charge in [-0.1, -0.05) is 23.2 Å². The molecule has 0 spiro atoms. The first-order chi connectivity index (χ1) is 9.93. The molecule has 0 saturated heterocycles. The molecular weight excluding hydrogens is 317 g/mol. The summed E-state index contributed by atoms with van der Waals surface area (Å²) in [5, 5.41) is 12.1. The maximum atomic E-state index is 13.5. The van der Waals surface area contributed by atoms with Crippen LogP contribution in [0.2, 0.25) is 10.0 Å². The third kappa shape index (κ3) is 3.26. The predicted molar refractivity (Wildman–Crippen MR) is 79.6 cm³/mol. The highest BCUT2D eigenvalue weighted by Crippen LogP contribution is 2.34. The van der Waals surface area contributed by atoms with Crippen LogP contribution in [0.25, 0.3) is 0 Å². The highest BCUT2D eigenvalue weighted by molar-refractivity contribution is 6.36. The Morgan fingerprint density at radius 2 is 1.81 bits per heavy atom. The van der Waals surface area contributed by atoms with Crippen LogP contribution in [0, 0.1) is 23.0 Å². The molecule has 21 heavy (non-hydrogen) atoms. The Morgan fingerprint density at radius 3 is 2.48 bits per heavy atom. The lowest BCUT2D eigenvalue weighted by Crippen LogP contribution is -2.09. The van der Waals surface area contributed by atoms with E-state index in [0.717, 1.165) is 0 Å². The molecule has 0 saturated carbocycles. The fraction of sp³-hybridized carbons (Fsp3) is 0.133.